The van der Waals surface area contributed by atoms with Crippen molar-refractivity contribution >= 4 is 38.9 Å². The second kappa shape index (κ2) is 11.6. The molecular formula is C30H30ClF2N3O2S. The van der Waals surface area contributed by atoms with E-state index in [1.165, 1.54) is 0 Å². The van der Waals surface area contributed by atoms with Crippen molar-refractivity contribution in [2.24, 2.45) is 0 Å². The van der Waals surface area contributed by atoms with Crippen LogP contribution in [-0.4, -0.2) is 54.0 Å². The zero-order valence-electron chi connectivity index (χ0n) is 22.1. The Morgan fingerprint density at radius 1 is 1.00 bits per heavy atom. The number of aromatic nitrogens is 1. The van der Waals surface area contributed by atoms with E-state index < -0.39 is 11.6 Å². The van der Waals surface area contributed by atoms with Gasteiger partial charge in [-0.3, -0.25) is 9.78 Å². The van der Waals surface area contributed by atoms with Crippen molar-refractivity contribution in [2.45, 2.75) is 44.3 Å². The maximum atomic E-state index is 14.6. The molecule has 5 rings (SSSR count). The highest BCUT2D eigenvalue weighted by Gasteiger charge is 2.33. The first-order chi connectivity index (χ1) is 18.8. The minimum Gasteiger partial charge on any atom is -0.497 e. The van der Waals surface area contributed by atoms with Gasteiger partial charge in [0, 0.05) is 31.0 Å². The molecular weight excluding hydrogens is 540 g/mol. The van der Waals surface area contributed by atoms with Gasteiger partial charge in [-0.25, -0.2) is 8.78 Å². The molecule has 1 fully saturated rings. The van der Waals surface area contributed by atoms with Crippen molar-refractivity contribution < 1.29 is 18.3 Å². The fourth-order valence-electron chi connectivity index (χ4n) is 5.40. The van der Waals surface area contributed by atoms with Crippen LogP contribution in [0.3, 0.4) is 0 Å². The van der Waals surface area contributed by atoms with Crippen LogP contribution < -0.4 is 4.74 Å². The number of carbonyl (C=O) groups excluding carboxylic acids is 1. The lowest BCUT2D eigenvalue weighted by Gasteiger charge is -2.39. The van der Waals surface area contributed by atoms with Gasteiger partial charge in [0.25, 0.3) is 5.91 Å². The summed E-state index contributed by atoms with van der Waals surface area (Å²) in [4.78, 5) is 22.5. The number of amides is 1. The van der Waals surface area contributed by atoms with Gasteiger partial charge in [-0.2, -0.15) is 0 Å². The number of pyridine rings is 1. The summed E-state index contributed by atoms with van der Waals surface area (Å²) < 4.78 is 34.8. The number of hydrogen-bond acceptors (Lipinski definition) is 5. The fraction of sp³-hybridized carbons (Fsp3) is 0.333. The third-order valence-corrected chi connectivity index (χ3v) is 9.22. The normalized spacial score (nSPS) is 17.5. The molecule has 0 unspecified atom stereocenters. The monoisotopic (exact) mass is 569 g/mol. The average Bonchev–Trinajstić information content (AvgIpc) is 3.32. The minimum absolute atomic E-state index is 0.0351. The van der Waals surface area contributed by atoms with Gasteiger partial charge in [-0.15, -0.1) is 11.3 Å². The number of carbonyl (C=O) groups is 1. The fourth-order valence-corrected chi connectivity index (χ4v) is 6.90. The Morgan fingerprint density at radius 2 is 1.67 bits per heavy atom. The molecule has 4 aromatic rings. The number of ether oxygens (including phenoxy) is 1. The highest BCUT2D eigenvalue weighted by Crippen LogP contribution is 2.40. The van der Waals surface area contributed by atoms with Crippen molar-refractivity contribution in [3.8, 4) is 16.9 Å². The van der Waals surface area contributed by atoms with E-state index in [1.54, 1.807) is 19.5 Å². The topological polar surface area (TPSA) is 45.7 Å². The Hall–Kier alpha value is -3.07. The highest BCUT2D eigenvalue weighted by molar-refractivity contribution is 7.21. The van der Waals surface area contributed by atoms with Gasteiger partial charge in [-0.1, -0.05) is 11.6 Å². The molecule has 0 radical (unpaired) electrons. The van der Waals surface area contributed by atoms with Crippen LogP contribution in [-0.2, 0) is 6.54 Å². The predicted octanol–water partition coefficient (Wildman–Crippen LogP) is 7.42. The first kappa shape index (κ1) is 27.5. The van der Waals surface area contributed by atoms with E-state index in [2.05, 4.69) is 24.0 Å². The van der Waals surface area contributed by atoms with E-state index in [4.69, 9.17) is 16.3 Å². The Labute approximate surface area is 236 Å². The predicted molar refractivity (Wildman–Crippen MR) is 153 cm³/mol. The third-order valence-electron chi connectivity index (χ3n) is 7.54. The van der Waals surface area contributed by atoms with Crippen molar-refractivity contribution in [3.05, 3.63) is 82.0 Å². The largest absolute Gasteiger partial charge is 0.497 e. The third kappa shape index (κ3) is 5.64. The van der Waals surface area contributed by atoms with Crippen LogP contribution in [0.25, 0.3) is 21.2 Å². The molecule has 9 heteroatoms. The van der Waals surface area contributed by atoms with Crippen LogP contribution in [0.1, 0.15) is 40.9 Å². The zero-order valence-corrected chi connectivity index (χ0v) is 23.7. The summed E-state index contributed by atoms with van der Waals surface area (Å²) in [5.41, 5.74) is 2.81. The molecule has 1 saturated carbocycles. The summed E-state index contributed by atoms with van der Waals surface area (Å²) in [5.74, 6) is -0.877. The number of halogens is 3. The smallest absolute Gasteiger partial charge is 0.266 e. The van der Waals surface area contributed by atoms with Crippen molar-refractivity contribution in [2.75, 3.05) is 21.2 Å². The summed E-state index contributed by atoms with van der Waals surface area (Å²) in [5, 5.41) is -0.0743. The quantitative estimate of drug-likeness (QED) is 0.232. The Morgan fingerprint density at radius 3 is 2.31 bits per heavy atom. The van der Waals surface area contributed by atoms with Crippen molar-refractivity contribution in [1.29, 1.82) is 0 Å². The Bertz CT molecular complexity index is 1490. The van der Waals surface area contributed by atoms with E-state index in [9.17, 15) is 13.6 Å². The number of methoxy groups -OCH3 is 1. The van der Waals surface area contributed by atoms with Gasteiger partial charge in [0.05, 0.1) is 22.2 Å². The van der Waals surface area contributed by atoms with Crippen LogP contribution >= 0.6 is 22.9 Å². The van der Waals surface area contributed by atoms with E-state index in [0.29, 0.717) is 18.3 Å². The number of benzene rings is 2. The number of fused-ring (bicyclic) bond motifs is 1. The lowest BCUT2D eigenvalue weighted by Crippen LogP contribution is -2.44. The van der Waals surface area contributed by atoms with Gasteiger partial charge >= 0.3 is 0 Å². The summed E-state index contributed by atoms with van der Waals surface area (Å²) in [6.45, 7) is 0.307. The van der Waals surface area contributed by atoms with Gasteiger partial charge in [0.2, 0.25) is 0 Å². The number of thiophene rings is 1. The molecule has 0 atom stereocenters. The molecule has 1 aliphatic carbocycles. The first-order valence-electron chi connectivity index (χ1n) is 12.9. The average molecular weight is 570 g/mol. The maximum Gasteiger partial charge on any atom is 0.266 e. The molecule has 1 aliphatic rings. The molecule has 0 aliphatic heterocycles. The van der Waals surface area contributed by atoms with Crippen molar-refractivity contribution in [1.82, 2.24) is 14.8 Å². The van der Waals surface area contributed by atoms with Crippen LogP contribution in [0.4, 0.5) is 8.78 Å². The second-order valence-corrected chi connectivity index (χ2v) is 11.5. The first-order valence-corrected chi connectivity index (χ1v) is 14.1. The van der Waals surface area contributed by atoms with E-state index >= 15 is 0 Å². The maximum absolute atomic E-state index is 14.6. The molecule has 0 bridgehead atoms. The van der Waals surface area contributed by atoms with E-state index in [1.807, 2.05) is 35.2 Å². The van der Waals surface area contributed by atoms with Crippen molar-refractivity contribution in [3.63, 3.8) is 0 Å². The number of rotatable bonds is 7. The Balaban J connectivity index is 1.54. The summed E-state index contributed by atoms with van der Waals surface area (Å²) >= 11 is 7.47. The molecule has 1 amide bonds. The summed E-state index contributed by atoms with van der Waals surface area (Å²) in [6, 6.07) is 12.3. The van der Waals surface area contributed by atoms with Gasteiger partial charge in [0.15, 0.2) is 0 Å². The molecule has 2 aromatic carbocycles. The highest BCUT2D eigenvalue weighted by atomic mass is 35.5. The molecule has 0 N–H and O–H groups in total. The Kier molecular flexibility index (Phi) is 8.16. The lowest BCUT2D eigenvalue weighted by molar-refractivity contribution is 0.0574. The molecule has 39 heavy (non-hydrogen) atoms. The van der Waals surface area contributed by atoms with E-state index in [-0.39, 0.29) is 31.9 Å². The molecule has 2 aromatic heterocycles. The summed E-state index contributed by atoms with van der Waals surface area (Å²) in [7, 11) is 5.76. The van der Waals surface area contributed by atoms with Crippen LogP contribution in [0.15, 0.2) is 54.9 Å². The molecule has 5 nitrogen and oxygen atoms in total. The number of hydrogen-bond donors (Lipinski definition) is 0. The molecule has 0 saturated heterocycles. The zero-order chi connectivity index (χ0) is 27.7. The molecule has 204 valence electrons. The molecule has 2 heterocycles. The van der Waals surface area contributed by atoms with Crippen LogP contribution in [0.2, 0.25) is 5.02 Å². The van der Waals surface area contributed by atoms with Crippen LogP contribution in [0, 0.1) is 11.6 Å². The van der Waals surface area contributed by atoms with Gasteiger partial charge in [-0.05, 0) is 98.9 Å². The van der Waals surface area contributed by atoms with Gasteiger partial charge < -0.3 is 14.5 Å². The minimum atomic E-state index is -0.639. The van der Waals surface area contributed by atoms with Gasteiger partial charge in [0.1, 0.15) is 22.3 Å². The second-order valence-electron chi connectivity index (χ2n) is 10.1. The number of nitrogens with zero attached hydrogens (tertiary/aromatic N) is 3. The molecule has 0 spiro atoms. The van der Waals surface area contributed by atoms with E-state index in [0.717, 1.165) is 65.8 Å². The standard InChI is InChI=1S/C30H30ClF2N3O2S/c1-35(2)21-4-6-22(7-5-21)36(30(37)29-27(31)26-24(32)8-9-25(33)28(26)39-29)17-18-14-20(16-23(15-18)38-3)19-10-12-34-13-11-19/h8-16,21-22H,4-7,17H2,1-3H3. The lowest BCUT2D eigenvalue weighted by atomic mass is 9.89. The van der Waals surface area contributed by atoms with Crippen LogP contribution in [0.5, 0.6) is 5.75 Å². The SMILES string of the molecule is COc1cc(CN(C(=O)c2sc3c(F)ccc(F)c3c2Cl)C2CCC(N(C)C)CC2)cc(-c2ccncc2)c1. The summed E-state index contributed by atoms with van der Waals surface area (Å²) in [6.07, 6.45) is 7.00.